The van der Waals surface area contributed by atoms with Crippen LogP contribution in [0.4, 0.5) is 10.1 Å². The summed E-state index contributed by atoms with van der Waals surface area (Å²) >= 11 is 5.80. The number of anilines is 1. The first kappa shape index (κ1) is 12.6. The molecular formula is C13H8ClFN4O. The standard InChI is InChI=1S/C13H8ClFN4O/c14-12-9(4-8(15)6-16-12)13(20)18-10-3-1-2-7-5-17-19-11(7)10/h1-6H,(H,17,19)(H,18,20). The number of carbonyl (C=O) groups excluding carboxylic acids is 1. The first-order valence-corrected chi connectivity index (χ1v) is 6.07. The van der Waals surface area contributed by atoms with Crippen LogP contribution in [0.2, 0.25) is 5.15 Å². The zero-order valence-electron chi connectivity index (χ0n) is 10.0. The lowest BCUT2D eigenvalue weighted by atomic mass is 10.2. The number of pyridine rings is 1. The molecule has 2 heterocycles. The van der Waals surface area contributed by atoms with Crippen molar-refractivity contribution in [1.29, 1.82) is 0 Å². The Morgan fingerprint density at radius 3 is 3.05 bits per heavy atom. The van der Waals surface area contributed by atoms with E-state index in [-0.39, 0.29) is 10.7 Å². The average Bonchev–Trinajstić information content (AvgIpc) is 2.91. The SMILES string of the molecule is O=C(Nc1cccc2cn[nH]c12)c1cc(F)cnc1Cl. The first-order valence-electron chi connectivity index (χ1n) is 5.69. The Bertz CT molecular complexity index is 802. The second-order valence-electron chi connectivity index (χ2n) is 4.09. The smallest absolute Gasteiger partial charge is 0.258 e. The molecule has 1 aromatic carbocycles. The molecule has 0 fully saturated rings. The normalized spacial score (nSPS) is 10.7. The molecule has 3 rings (SSSR count). The summed E-state index contributed by atoms with van der Waals surface area (Å²) in [5, 5.41) is 10.1. The Kier molecular flexibility index (Phi) is 3.08. The number of hydrogen-bond donors (Lipinski definition) is 2. The summed E-state index contributed by atoms with van der Waals surface area (Å²) in [6, 6.07) is 6.38. The molecule has 100 valence electrons. The lowest BCUT2D eigenvalue weighted by Crippen LogP contribution is -2.13. The van der Waals surface area contributed by atoms with E-state index < -0.39 is 11.7 Å². The van der Waals surface area contributed by atoms with Gasteiger partial charge in [0.15, 0.2) is 0 Å². The number of rotatable bonds is 2. The van der Waals surface area contributed by atoms with Gasteiger partial charge in [0.2, 0.25) is 0 Å². The fourth-order valence-electron chi connectivity index (χ4n) is 1.84. The minimum Gasteiger partial charge on any atom is -0.320 e. The minimum absolute atomic E-state index is 0.0248. The van der Waals surface area contributed by atoms with Crippen LogP contribution in [0.1, 0.15) is 10.4 Å². The topological polar surface area (TPSA) is 70.7 Å². The van der Waals surface area contributed by atoms with E-state index in [9.17, 15) is 9.18 Å². The number of halogens is 2. The van der Waals surface area contributed by atoms with Crippen molar-refractivity contribution in [3.63, 3.8) is 0 Å². The third-order valence-electron chi connectivity index (χ3n) is 2.78. The Morgan fingerprint density at radius 1 is 1.35 bits per heavy atom. The molecule has 0 spiro atoms. The number of fused-ring (bicyclic) bond motifs is 1. The van der Waals surface area contributed by atoms with Crippen LogP contribution in [0.25, 0.3) is 10.9 Å². The molecule has 7 heteroatoms. The number of aromatic amines is 1. The van der Waals surface area contributed by atoms with Crippen molar-refractivity contribution in [3.05, 3.63) is 53.2 Å². The number of benzene rings is 1. The molecule has 0 aliphatic rings. The Morgan fingerprint density at radius 2 is 2.20 bits per heavy atom. The van der Waals surface area contributed by atoms with Crippen LogP contribution in [0, 0.1) is 5.82 Å². The van der Waals surface area contributed by atoms with E-state index in [1.165, 1.54) is 0 Å². The van der Waals surface area contributed by atoms with Crippen molar-refractivity contribution in [3.8, 4) is 0 Å². The molecule has 0 radical (unpaired) electrons. The third kappa shape index (κ3) is 2.21. The number of para-hydroxylation sites is 1. The highest BCUT2D eigenvalue weighted by molar-refractivity contribution is 6.33. The van der Waals surface area contributed by atoms with E-state index in [0.717, 1.165) is 17.6 Å². The summed E-state index contributed by atoms with van der Waals surface area (Å²) < 4.78 is 13.1. The highest BCUT2D eigenvalue weighted by Crippen LogP contribution is 2.22. The van der Waals surface area contributed by atoms with Crippen molar-refractivity contribution in [1.82, 2.24) is 15.2 Å². The van der Waals surface area contributed by atoms with Gasteiger partial charge >= 0.3 is 0 Å². The van der Waals surface area contributed by atoms with E-state index in [1.54, 1.807) is 18.3 Å². The minimum atomic E-state index is -0.626. The molecule has 0 atom stereocenters. The largest absolute Gasteiger partial charge is 0.320 e. The maximum absolute atomic E-state index is 13.1. The summed E-state index contributed by atoms with van der Waals surface area (Å²) in [5.74, 6) is -1.16. The average molecular weight is 291 g/mol. The zero-order chi connectivity index (χ0) is 14.1. The predicted octanol–water partition coefficient (Wildman–Crippen LogP) is 3.00. The molecular weight excluding hydrogens is 283 g/mol. The summed E-state index contributed by atoms with van der Waals surface area (Å²) in [5.41, 5.74) is 1.19. The van der Waals surface area contributed by atoms with E-state index in [0.29, 0.717) is 11.2 Å². The molecule has 2 aromatic heterocycles. The van der Waals surface area contributed by atoms with Crippen LogP contribution in [-0.4, -0.2) is 21.1 Å². The number of nitrogens with one attached hydrogen (secondary N) is 2. The predicted molar refractivity (Wildman–Crippen MR) is 73.3 cm³/mol. The maximum Gasteiger partial charge on any atom is 0.258 e. The van der Waals surface area contributed by atoms with Crippen molar-refractivity contribution in [2.24, 2.45) is 0 Å². The molecule has 5 nitrogen and oxygen atoms in total. The van der Waals surface area contributed by atoms with Crippen molar-refractivity contribution in [2.75, 3.05) is 5.32 Å². The van der Waals surface area contributed by atoms with Crippen LogP contribution in [-0.2, 0) is 0 Å². The van der Waals surface area contributed by atoms with Gasteiger partial charge in [0, 0.05) is 5.39 Å². The zero-order valence-corrected chi connectivity index (χ0v) is 10.8. The first-order chi connectivity index (χ1) is 9.65. The number of nitrogens with zero attached hydrogens (tertiary/aromatic N) is 2. The fourth-order valence-corrected chi connectivity index (χ4v) is 2.03. The third-order valence-corrected chi connectivity index (χ3v) is 3.08. The number of amides is 1. The van der Waals surface area contributed by atoms with Crippen LogP contribution in [0.15, 0.2) is 36.7 Å². The molecule has 0 unspecified atom stereocenters. The van der Waals surface area contributed by atoms with Crippen LogP contribution < -0.4 is 5.32 Å². The highest BCUT2D eigenvalue weighted by atomic mass is 35.5. The van der Waals surface area contributed by atoms with Gasteiger partial charge in [0.25, 0.3) is 5.91 Å². The van der Waals surface area contributed by atoms with Gasteiger partial charge in [0.1, 0.15) is 11.0 Å². The molecule has 0 aliphatic heterocycles. The van der Waals surface area contributed by atoms with Crippen molar-refractivity contribution in [2.45, 2.75) is 0 Å². The molecule has 3 aromatic rings. The van der Waals surface area contributed by atoms with Gasteiger partial charge in [-0.3, -0.25) is 9.89 Å². The van der Waals surface area contributed by atoms with Gasteiger partial charge in [-0.25, -0.2) is 9.37 Å². The Hall–Kier alpha value is -2.47. The molecule has 0 saturated carbocycles. The number of carbonyl (C=O) groups is 1. The second kappa shape index (κ2) is 4.90. The van der Waals surface area contributed by atoms with Gasteiger partial charge in [0.05, 0.1) is 29.2 Å². The quantitative estimate of drug-likeness (QED) is 0.713. The summed E-state index contributed by atoms with van der Waals surface area (Å²) in [7, 11) is 0. The van der Waals surface area contributed by atoms with Gasteiger partial charge in [-0.15, -0.1) is 0 Å². The van der Waals surface area contributed by atoms with Crippen LogP contribution >= 0.6 is 11.6 Å². The number of aromatic nitrogens is 3. The van der Waals surface area contributed by atoms with E-state index in [1.807, 2.05) is 6.07 Å². The molecule has 0 saturated heterocycles. The fraction of sp³-hybridized carbons (Fsp3) is 0. The van der Waals surface area contributed by atoms with Crippen molar-refractivity contribution >= 4 is 34.1 Å². The van der Waals surface area contributed by atoms with Crippen LogP contribution in [0.3, 0.4) is 0 Å². The van der Waals surface area contributed by atoms with Crippen LogP contribution in [0.5, 0.6) is 0 Å². The van der Waals surface area contributed by atoms with Crippen molar-refractivity contribution < 1.29 is 9.18 Å². The van der Waals surface area contributed by atoms with Gasteiger partial charge in [-0.05, 0) is 12.1 Å². The highest BCUT2D eigenvalue weighted by Gasteiger charge is 2.14. The van der Waals surface area contributed by atoms with Gasteiger partial charge < -0.3 is 5.32 Å². The molecule has 20 heavy (non-hydrogen) atoms. The van der Waals surface area contributed by atoms with Gasteiger partial charge in [-0.2, -0.15) is 5.10 Å². The van der Waals surface area contributed by atoms with E-state index in [4.69, 9.17) is 11.6 Å². The molecule has 0 aliphatic carbocycles. The molecule has 2 N–H and O–H groups in total. The maximum atomic E-state index is 13.1. The monoisotopic (exact) mass is 290 g/mol. The number of H-pyrrole nitrogens is 1. The Labute approximate surface area is 117 Å². The molecule has 1 amide bonds. The van der Waals surface area contributed by atoms with E-state index >= 15 is 0 Å². The lowest BCUT2D eigenvalue weighted by Gasteiger charge is -2.07. The van der Waals surface area contributed by atoms with Gasteiger partial charge in [-0.1, -0.05) is 23.7 Å². The summed E-state index contributed by atoms with van der Waals surface area (Å²) in [6.07, 6.45) is 2.59. The lowest BCUT2D eigenvalue weighted by molar-refractivity contribution is 0.102. The summed E-state index contributed by atoms with van der Waals surface area (Å²) in [4.78, 5) is 15.7. The summed E-state index contributed by atoms with van der Waals surface area (Å²) in [6.45, 7) is 0. The van der Waals surface area contributed by atoms with E-state index in [2.05, 4.69) is 20.5 Å². The second-order valence-corrected chi connectivity index (χ2v) is 4.44. The Balaban J connectivity index is 1.96. The number of hydrogen-bond acceptors (Lipinski definition) is 3. The molecule has 0 bridgehead atoms.